The lowest BCUT2D eigenvalue weighted by atomic mass is 9.96. The van der Waals surface area contributed by atoms with E-state index in [1.165, 1.54) is 29.4 Å². The van der Waals surface area contributed by atoms with Crippen molar-refractivity contribution in [1.29, 1.82) is 43.3 Å². The van der Waals surface area contributed by atoms with Crippen LogP contribution in [0.4, 0.5) is 0 Å². The van der Waals surface area contributed by atoms with Gasteiger partial charge in [-0.1, -0.05) is 20.3 Å². The van der Waals surface area contributed by atoms with Gasteiger partial charge >= 0.3 is 5.97 Å². The third-order valence-electron chi connectivity index (χ3n) is 25.8. The highest BCUT2D eigenvalue weighted by molar-refractivity contribution is 6.02. The fourth-order valence-corrected chi connectivity index (χ4v) is 18.3. The number of carbonyl (C=O) groups is 16. The van der Waals surface area contributed by atoms with E-state index < -0.39 is 204 Å². The molecule has 0 aromatic heterocycles. The Morgan fingerprint density at radius 2 is 0.538 bits per heavy atom. The average Bonchev–Trinajstić information content (AvgIpc) is 1.64. The molecule has 0 aromatic rings. The van der Waals surface area contributed by atoms with Crippen molar-refractivity contribution in [3.8, 4) is 0 Å². The fourth-order valence-electron chi connectivity index (χ4n) is 18.3. The molecule has 0 spiro atoms. The monoisotopic (exact) mass is 2020 g/mol. The minimum atomic E-state index is -1.40. The number of hydrogen-bond acceptors (Lipinski definition) is 25. The number of guanidine groups is 8. The predicted molar refractivity (Wildman–Crippen MR) is 525 cm³/mol. The number of carboxylic acid groups (broad SMARTS) is 1. The quantitative estimate of drug-likeness (QED) is 0.0153. The number of rotatable bonds is 59. The number of nitrogens with two attached hydrogens (primary N) is 9. The second-order valence-electron chi connectivity index (χ2n) is 36.5. The Morgan fingerprint density at radius 1 is 0.294 bits per heavy atom. The van der Waals surface area contributed by atoms with E-state index in [-0.39, 0.29) is 275 Å². The van der Waals surface area contributed by atoms with Crippen LogP contribution in [-0.4, -0.2) is 366 Å². The van der Waals surface area contributed by atoms with Crippen LogP contribution >= 0.6 is 0 Å². The third kappa shape index (κ3) is 38.5. The summed E-state index contributed by atoms with van der Waals surface area (Å²) in [6.45, 7) is 3.82. The molecule has 0 radical (unpaired) electrons. The molecule has 6 heterocycles. The van der Waals surface area contributed by atoms with Crippen molar-refractivity contribution in [2.75, 3.05) is 98.2 Å². The number of hydrogen-bond donors (Lipinski definition) is 35. The van der Waals surface area contributed by atoms with Crippen LogP contribution in [0, 0.1) is 49.2 Å². The molecule has 800 valence electrons. The van der Waals surface area contributed by atoms with E-state index in [2.05, 4.69) is 90.4 Å². The van der Waals surface area contributed by atoms with Gasteiger partial charge in [-0.05, 0) is 186 Å². The number of carbonyl (C=O) groups excluding carboxylic acids is 15. The van der Waals surface area contributed by atoms with Crippen molar-refractivity contribution in [1.82, 2.24) is 120 Å². The lowest BCUT2D eigenvalue weighted by Crippen LogP contribution is -2.61. The smallest absolute Gasteiger partial charge is 0.326 e. The molecule has 0 bridgehead atoms. The van der Waals surface area contributed by atoms with Gasteiger partial charge in [0.1, 0.15) is 84.6 Å². The molecule has 0 aliphatic carbocycles. The first kappa shape index (κ1) is 117. The number of likely N-dealkylation sites (tertiary alicyclic amines) is 6. The molecule has 44 N–H and O–H groups in total. The van der Waals surface area contributed by atoms with Crippen molar-refractivity contribution < 1.29 is 81.8 Å². The summed E-state index contributed by atoms with van der Waals surface area (Å²) in [5, 5.41) is 117. The van der Waals surface area contributed by atoms with Gasteiger partial charge in [0, 0.05) is 91.6 Å². The first-order valence-electron chi connectivity index (χ1n) is 49.1. The normalized spacial score (nSPS) is 19.5. The Bertz CT molecular complexity index is 4470. The van der Waals surface area contributed by atoms with Crippen LogP contribution in [0.25, 0.3) is 0 Å². The average molecular weight is 2020 g/mol. The van der Waals surface area contributed by atoms with E-state index in [1.807, 2.05) is 0 Å². The molecule has 143 heavy (non-hydrogen) atoms. The highest BCUT2D eigenvalue weighted by Gasteiger charge is 2.49. The maximum atomic E-state index is 15.3. The van der Waals surface area contributed by atoms with Gasteiger partial charge in [-0.3, -0.25) is 115 Å². The molecule has 15 amide bonds. The van der Waals surface area contributed by atoms with Crippen LogP contribution in [0.15, 0.2) is 0 Å². The third-order valence-corrected chi connectivity index (χ3v) is 25.8. The Hall–Kier alpha value is -14.4. The Morgan fingerprint density at radius 3 is 0.860 bits per heavy atom. The zero-order valence-corrected chi connectivity index (χ0v) is 81.7. The second-order valence-corrected chi connectivity index (χ2v) is 36.5. The summed E-state index contributed by atoms with van der Waals surface area (Å²) in [5.74, 6) is -15.8. The summed E-state index contributed by atoms with van der Waals surface area (Å²) in [5.41, 5.74) is 50.4. The van der Waals surface area contributed by atoms with Gasteiger partial charge in [0.15, 0.2) is 47.7 Å². The summed E-state index contributed by atoms with van der Waals surface area (Å²) < 4.78 is 0. The minimum Gasteiger partial charge on any atom is -0.480 e. The number of amides is 15. The van der Waals surface area contributed by atoms with E-state index >= 15 is 14.4 Å². The van der Waals surface area contributed by atoms with Gasteiger partial charge in [-0.25, -0.2) is 4.79 Å². The molecule has 6 rings (SSSR count). The summed E-state index contributed by atoms with van der Waals surface area (Å²) >= 11 is 0. The van der Waals surface area contributed by atoms with Crippen molar-refractivity contribution in [3.05, 3.63) is 0 Å². The summed E-state index contributed by atoms with van der Waals surface area (Å²) in [6, 6.07) is -19.0. The highest BCUT2D eigenvalue weighted by Crippen LogP contribution is 2.30. The van der Waals surface area contributed by atoms with Gasteiger partial charge in [0.2, 0.25) is 88.6 Å². The molecule has 6 saturated heterocycles. The van der Waals surface area contributed by atoms with Crippen LogP contribution in [0.3, 0.4) is 0 Å². The van der Waals surface area contributed by atoms with Crippen LogP contribution in [0.5, 0.6) is 0 Å². The van der Waals surface area contributed by atoms with Crippen LogP contribution in [0.2, 0.25) is 0 Å². The standard InChI is InChI=1S/C86H154N40O17/c1-3-47(2)63(120-66(130)50(20-6-34-106-81(92)93)113-64(128)48(87)18-4-32-104-79(88)89)72(136)118-54(24-10-38-110-85(100)101)75(139)123-42-14-28-58(123)70(134)117-53(23-9-37-109-84(98)99)76(140)126-45-17-31-61(126)77(141)125-44-16-30-60(125)68(132)114-49(19-5-33-105-80(90)91)65(129)112-46-62(127)121-40-12-26-56(121)67(131)115-51(21-7-35-107-82(94)95)73(137)122-41-13-27-57(122)69(133)116-52(22-8-36-108-83(96)97)74(138)124-43-15-29-59(124)71(135)119-55(78(142)143)25-11-39-111-86(102)103/h47-61,63H,3-46,87H2,1-2H3,(H,112,129)(H,113,128)(H,114,132)(H,115,131)(H,116,133)(H,117,134)(H,118,136)(H,119,135)(H,120,130)(H,142,143)(H4,88,89,104)(H4,90,91,105)(H4,92,93,106)(H4,94,95,107)(H4,96,97,108)(H4,98,99,109)(H4,100,101,110)(H4,102,103,111)/t47-,48-,49-,50-,51-,52-,53-,54-,55-,56-,57-,58-,59-,60-,61-,63-/m0/s1. The van der Waals surface area contributed by atoms with Gasteiger partial charge in [-0.2, -0.15) is 0 Å². The zero-order valence-electron chi connectivity index (χ0n) is 81.7. The first-order chi connectivity index (χ1) is 67.9. The summed E-state index contributed by atoms with van der Waals surface area (Å²) in [7, 11) is 0. The molecule has 57 heteroatoms. The van der Waals surface area contributed by atoms with Gasteiger partial charge in [0.25, 0.3) is 0 Å². The number of nitrogens with zero attached hydrogens (tertiary/aromatic N) is 6. The largest absolute Gasteiger partial charge is 0.480 e. The molecule has 57 nitrogen and oxygen atoms in total. The molecule has 0 saturated carbocycles. The SMILES string of the molecule is CC[C@H](C)[C@H](NC(=O)[C@H](CCCNC(=N)N)NC(=O)[C@@H](N)CCCNC(=N)N)C(=O)N[C@@H](CCCNC(=N)N)C(=O)N1CCC[C@H]1C(=O)N[C@@H](CCCNC(=N)N)C(=O)N1CCC[C@H]1C(=O)N1CCC[C@H]1C(=O)N[C@@H](CCCNC(=N)N)C(=O)NCC(=O)N1CCC[C@H]1C(=O)N[C@@H](CCCNC(=N)N)C(=O)N1CCC[C@H]1C(=O)N[C@@H](CCCNC(=N)N)C(=O)N1CCC[C@H]1C(=O)N[C@@H](CCCNC(=N)N)C(=O)O. The van der Waals surface area contributed by atoms with Crippen LogP contribution in [0.1, 0.15) is 200 Å². The topological polar surface area (TPSA) is 942 Å². The van der Waals surface area contributed by atoms with Crippen LogP contribution in [-0.2, 0) is 76.7 Å². The molecule has 6 aliphatic rings. The molecule has 6 fully saturated rings. The molecular weight excluding hydrogens is 1870 g/mol. The molecule has 0 aromatic carbocycles. The summed E-state index contributed by atoms with van der Waals surface area (Å²) in [4.78, 5) is 240. The Labute approximate surface area is 830 Å². The maximum Gasteiger partial charge on any atom is 0.326 e. The number of aliphatic carboxylic acids is 1. The molecule has 6 aliphatic heterocycles. The van der Waals surface area contributed by atoms with E-state index in [1.54, 1.807) is 13.8 Å². The molecular formula is C86H154N40O17. The lowest BCUT2D eigenvalue weighted by molar-refractivity contribution is -0.148. The summed E-state index contributed by atoms with van der Waals surface area (Å²) in [6.07, 6.45) is 4.02. The van der Waals surface area contributed by atoms with Crippen molar-refractivity contribution in [3.63, 3.8) is 0 Å². The van der Waals surface area contributed by atoms with E-state index in [4.69, 9.17) is 94.9 Å². The number of carboxylic acids is 1. The highest BCUT2D eigenvalue weighted by atomic mass is 16.4. The predicted octanol–water partition coefficient (Wildman–Crippen LogP) is -10.5. The van der Waals surface area contributed by atoms with Crippen molar-refractivity contribution in [2.45, 2.75) is 291 Å². The van der Waals surface area contributed by atoms with Gasteiger partial charge < -0.3 is 176 Å². The molecule has 0 unspecified atom stereocenters. The van der Waals surface area contributed by atoms with E-state index in [9.17, 15) is 67.4 Å². The first-order valence-corrected chi connectivity index (χ1v) is 49.1. The maximum absolute atomic E-state index is 15.3. The Balaban J connectivity index is 1.15. The molecule has 16 atom stereocenters. The van der Waals surface area contributed by atoms with E-state index in [0.717, 1.165) is 0 Å². The van der Waals surface area contributed by atoms with Gasteiger partial charge in [-0.15, -0.1) is 0 Å². The van der Waals surface area contributed by atoms with Crippen molar-refractivity contribution in [2.24, 2.45) is 57.5 Å². The van der Waals surface area contributed by atoms with Crippen molar-refractivity contribution >= 4 is 142 Å². The fraction of sp³-hybridized carbons (Fsp3) is 0.721. The van der Waals surface area contributed by atoms with Gasteiger partial charge in [0.05, 0.1) is 12.6 Å². The second kappa shape index (κ2) is 60.0. The lowest BCUT2D eigenvalue weighted by Gasteiger charge is -2.34. The number of nitrogens with one attached hydrogen (secondary N) is 25. The zero-order chi connectivity index (χ0) is 106. The van der Waals surface area contributed by atoms with E-state index in [0.29, 0.717) is 44.9 Å². The minimum absolute atomic E-state index is 0.00624. The van der Waals surface area contributed by atoms with Crippen LogP contribution < -0.4 is 142 Å². The Kier molecular flexibility index (Phi) is 49.3.